The number of hydrogen-bond donors (Lipinski definition) is 2. The first-order valence-electron chi connectivity index (χ1n) is 7.18. The van der Waals surface area contributed by atoms with Gasteiger partial charge in [0.05, 0.1) is 5.92 Å². The Morgan fingerprint density at radius 3 is 2.76 bits per heavy atom. The minimum Gasteiger partial charge on any atom is -0.481 e. The van der Waals surface area contributed by atoms with E-state index in [1.807, 2.05) is 37.3 Å². The summed E-state index contributed by atoms with van der Waals surface area (Å²) in [5, 5.41) is 10.1. The number of nitrogens with one attached hydrogen (secondary N) is 1. The highest BCUT2D eigenvalue weighted by molar-refractivity contribution is 5.98. The zero-order valence-electron chi connectivity index (χ0n) is 11.9. The number of benzene rings is 1. The first kappa shape index (κ1) is 13.7. The number of hydrogen-bond acceptors (Lipinski definition) is 2. The lowest BCUT2D eigenvalue weighted by atomic mass is 9.93. The van der Waals surface area contributed by atoms with Crippen molar-refractivity contribution in [2.24, 2.45) is 5.92 Å². The molecule has 2 unspecified atom stereocenters. The first-order chi connectivity index (χ1) is 10.1. The number of aliphatic carboxylic acids is 1. The van der Waals surface area contributed by atoms with Gasteiger partial charge in [-0.3, -0.25) is 9.59 Å². The van der Waals surface area contributed by atoms with Crippen molar-refractivity contribution in [3.8, 4) is 0 Å². The summed E-state index contributed by atoms with van der Waals surface area (Å²) in [6.45, 7) is 2.25. The van der Waals surface area contributed by atoms with Crippen LogP contribution in [0.25, 0.3) is 10.9 Å². The van der Waals surface area contributed by atoms with E-state index in [9.17, 15) is 9.59 Å². The number of nitrogens with zero attached hydrogens (tertiary/aromatic N) is 1. The van der Waals surface area contributed by atoms with Gasteiger partial charge in [0.2, 0.25) is 0 Å². The molecule has 1 fully saturated rings. The van der Waals surface area contributed by atoms with Crippen molar-refractivity contribution >= 4 is 22.8 Å². The highest BCUT2D eigenvalue weighted by Crippen LogP contribution is 2.25. The number of amides is 1. The molecule has 0 radical (unpaired) electrons. The Kier molecular flexibility index (Phi) is 3.41. The van der Waals surface area contributed by atoms with Gasteiger partial charge < -0.3 is 15.0 Å². The molecular formula is C16H18N2O3. The fourth-order valence-electron chi connectivity index (χ4n) is 2.93. The highest BCUT2D eigenvalue weighted by atomic mass is 16.4. The molecule has 110 valence electrons. The summed E-state index contributed by atoms with van der Waals surface area (Å²) in [5.41, 5.74) is 1.44. The highest BCUT2D eigenvalue weighted by Gasteiger charge is 2.33. The lowest BCUT2D eigenvalue weighted by molar-refractivity contribution is -0.143. The predicted octanol–water partition coefficient (Wildman–Crippen LogP) is 2.49. The monoisotopic (exact) mass is 286 g/mol. The molecule has 2 N–H and O–H groups in total. The zero-order valence-corrected chi connectivity index (χ0v) is 11.9. The molecule has 0 bridgehead atoms. The van der Waals surface area contributed by atoms with Crippen LogP contribution in [-0.2, 0) is 4.79 Å². The number of aromatic nitrogens is 1. The van der Waals surface area contributed by atoms with Crippen molar-refractivity contribution in [2.45, 2.75) is 25.8 Å². The van der Waals surface area contributed by atoms with Gasteiger partial charge in [-0.25, -0.2) is 0 Å². The molecule has 1 aromatic carbocycles. The number of piperidine rings is 1. The van der Waals surface area contributed by atoms with Gasteiger partial charge in [-0.1, -0.05) is 18.2 Å². The van der Waals surface area contributed by atoms with Crippen LogP contribution in [0.4, 0.5) is 0 Å². The second-order valence-corrected chi connectivity index (χ2v) is 5.69. The van der Waals surface area contributed by atoms with Gasteiger partial charge in [0.25, 0.3) is 5.91 Å². The van der Waals surface area contributed by atoms with E-state index in [2.05, 4.69) is 4.98 Å². The van der Waals surface area contributed by atoms with Crippen molar-refractivity contribution in [2.75, 3.05) is 6.54 Å². The second-order valence-electron chi connectivity index (χ2n) is 5.69. The number of H-pyrrole nitrogens is 1. The van der Waals surface area contributed by atoms with Crippen LogP contribution in [0, 0.1) is 5.92 Å². The summed E-state index contributed by atoms with van der Waals surface area (Å²) < 4.78 is 0. The molecule has 1 saturated heterocycles. The molecule has 1 aliphatic rings. The minimum absolute atomic E-state index is 0.0690. The lowest BCUT2D eigenvalue weighted by Crippen LogP contribution is -2.47. The fourth-order valence-corrected chi connectivity index (χ4v) is 2.93. The minimum atomic E-state index is -0.823. The number of fused-ring (bicyclic) bond motifs is 1. The number of carboxylic acid groups (broad SMARTS) is 1. The van der Waals surface area contributed by atoms with Crippen LogP contribution in [0.3, 0.4) is 0 Å². The standard InChI is InChI=1S/C16H18N2O3/c1-10-6-7-12(16(20)21)9-18(10)15(19)14-8-11-4-2-3-5-13(11)17-14/h2-5,8,10,12,17H,6-7,9H2,1H3,(H,20,21). The molecule has 3 rings (SSSR count). The van der Waals surface area contributed by atoms with Crippen molar-refractivity contribution < 1.29 is 14.7 Å². The van der Waals surface area contributed by atoms with Gasteiger partial charge in [-0.2, -0.15) is 0 Å². The maximum absolute atomic E-state index is 12.6. The maximum atomic E-state index is 12.6. The van der Waals surface area contributed by atoms with Gasteiger partial charge in [-0.15, -0.1) is 0 Å². The van der Waals surface area contributed by atoms with Gasteiger partial charge in [0.1, 0.15) is 5.69 Å². The summed E-state index contributed by atoms with van der Waals surface area (Å²) in [6.07, 6.45) is 1.36. The van der Waals surface area contributed by atoms with Crippen LogP contribution in [0.5, 0.6) is 0 Å². The van der Waals surface area contributed by atoms with Gasteiger partial charge in [-0.05, 0) is 31.9 Å². The molecule has 0 spiro atoms. The summed E-state index contributed by atoms with van der Waals surface area (Å²) in [4.78, 5) is 28.6. The van der Waals surface area contributed by atoms with E-state index in [-0.39, 0.29) is 18.5 Å². The SMILES string of the molecule is CC1CCC(C(=O)O)CN1C(=O)c1cc2ccccc2[nH]1. The summed E-state index contributed by atoms with van der Waals surface area (Å²) in [6, 6.07) is 9.61. The van der Waals surface area contributed by atoms with Gasteiger partial charge in [0, 0.05) is 23.5 Å². The van der Waals surface area contributed by atoms with Crippen LogP contribution in [0.2, 0.25) is 0 Å². The van der Waals surface area contributed by atoms with E-state index >= 15 is 0 Å². The number of para-hydroxylation sites is 1. The van der Waals surface area contributed by atoms with Crippen molar-refractivity contribution in [1.82, 2.24) is 9.88 Å². The fraction of sp³-hybridized carbons (Fsp3) is 0.375. The van der Waals surface area contributed by atoms with Gasteiger partial charge >= 0.3 is 5.97 Å². The summed E-state index contributed by atoms with van der Waals surface area (Å²) in [5.74, 6) is -1.41. The lowest BCUT2D eigenvalue weighted by Gasteiger charge is -2.36. The van der Waals surface area contributed by atoms with E-state index in [0.29, 0.717) is 12.1 Å². The van der Waals surface area contributed by atoms with Crippen LogP contribution in [0.15, 0.2) is 30.3 Å². The van der Waals surface area contributed by atoms with Crippen LogP contribution >= 0.6 is 0 Å². The average Bonchev–Trinajstić information content (AvgIpc) is 2.90. The maximum Gasteiger partial charge on any atom is 0.308 e. The Balaban J connectivity index is 1.87. The molecule has 1 aliphatic heterocycles. The Labute approximate surface area is 122 Å². The van der Waals surface area contributed by atoms with Crippen LogP contribution in [-0.4, -0.2) is 39.5 Å². The predicted molar refractivity (Wildman–Crippen MR) is 79.2 cm³/mol. The normalized spacial score (nSPS) is 22.4. The number of carbonyl (C=O) groups is 2. The van der Waals surface area contributed by atoms with E-state index in [1.165, 1.54) is 0 Å². The van der Waals surface area contributed by atoms with Crippen LogP contribution in [0.1, 0.15) is 30.3 Å². The second kappa shape index (κ2) is 5.24. The molecule has 5 heteroatoms. The molecule has 21 heavy (non-hydrogen) atoms. The molecule has 2 atom stereocenters. The van der Waals surface area contributed by atoms with Crippen molar-refractivity contribution in [1.29, 1.82) is 0 Å². The average molecular weight is 286 g/mol. The van der Waals surface area contributed by atoms with Crippen LogP contribution < -0.4 is 0 Å². The number of carbonyl (C=O) groups excluding carboxylic acids is 1. The largest absolute Gasteiger partial charge is 0.481 e. The molecular weight excluding hydrogens is 268 g/mol. The topological polar surface area (TPSA) is 73.4 Å². The zero-order chi connectivity index (χ0) is 15.0. The Morgan fingerprint density at radius 2 is 2.05 bits per heavy atom. The van der Waals surface area contributed by atoms with E-state index in [4.69, 9.17) is 5.11 Å². The van der Waals surface area contributed by atoms with Gasteiger partial charge in [0.15, 0.2) is 0 Å². The summed E-state index contributed by atoms with van der Waals surface area (Å²) >= 11 is 0. The molecule has 2 aromatic rings. The molecule has 1 amide bonds. The third kappa shape index (κ3) is 2.51. The van der Waals surface area contributed by atoms with E-state index < -0.39 is 11.9 Å². The number of carboxylic acids is 1. The van der Waals surface area contributed by atoms with E-state index in [1.54, 1.807) is 4.90 Å². The van der Waals surface area contributed by atoms with Crippen molar-refractivity contribution in [3.05, 3.63) is 36.0 Å². The van der Waals surface area contributed by atoms with E-state index in [0.717, 1.165) is 17.3 Å². The molecule has 2 heterocycles. The Bertz CT molecular complexity index is 659. The Morgan fingerprint density at radius 1 is 1.29 bits per heavy atom. The van der Waals surface area contributed by atoms with Crippen molar-refractivity contribution in [3.63, 3.8) is 0 Å². The molecule has 0 aliphatic carbocycles. The molecule has 5 nitrogen and oxygen atoms in total. The number of likely N-dealkylation sites (tertiary alicyclic amines) is 1. The Hall–Kier alpha value is -2.30. The smallest absolute Gasteiger partial charge is 0.308 e. The number of rotatable bonds is 2. The third-order valence-electron chi connectivity index (χ3n) is 4.25. The quantitative estimate of drug-likeness (QED) is 0.890. The first-order valence-corrected chi connectivity index (χ1v) is 7.18. The molecule has 0 saturated carbocycles. The number of aromatic amines is 1. The summed E-state index contributed by atoms with van der Waals surface area (Å²) in [7, 11) is 0. The molecule has 1 aromatic heterocycles. The third-order valence-corrected chi connectivity index (χ3v) is 4.25.